The molecule has 14 heavy (non-hydrogen) atoms. The summed E-state index contributed by atoms with van der Waals surface area (Å²) in [7, 11) is 0. The molecule has 76 valence electrons. The molecule has 0 amide bonds. The Kier molecular flexibility index (Phi) is 1.67. The number of rotatable bonds is 0. The Morgan fingerprint density at radius 1 is 1.50 bits per heavy atom. The molecule has 0 saturated heterocycles. The number of Topliss-reactive ketones (excluding diaryl/α,β-unsaturated/α-hetero) is 1. The van der Waals surface area contributed by atoms with E-state index >= 15 is 0 Å². The second-order valence-corrected chi connectivity index (χ2v) is 5.02. The van der Waals surface area contributed by atoms with Crippen LogP contribution < -0.4 is 0 Å². The quantitative estimate of drug-likeness (QED) is 0.593. The Balaban J connectivity index is 2.09. The molecule has 3 aliphatic carbocycles. The van der Waals surface area contributed by atoms with Crippen molar-refractivity contribution in [2.45, 2.75) is 38.2 Å². The molecule has 2 nitrogen and oxygen atoms in total. The van der Waals surface area contributed by atoms with Gasteiger partial charge in [-0.25, -0.2) is 0 Å². The average Bonchev–Trinajstić information content (AvgIpc) is 2.36. The lowest BCUT2D eigenvalue weighted by Gasteiger charge is -2.41. The van der Waals surface area contributed by atoms with Crippen molar-refractivity contribution in [3.8, 4) is 0 Å². The van der Waals surface area contributed by atoms with E-state index in [1.165, 1.54) is 0 Å². The van der Waals surface area contributed by atoms with Crippen molar-refractivity contribution in [2.75, 3.05) is 0 Å². The van der Waals surface area contributed by atoms with Gasteiger partial charge < -0.3 is 5.11 Å². The van der Waals surface area contributed by atoms with Gasteiger partial charge in [0, 0.05) is 5.92 Å². The van der Waals surface area contributed by atoms with Crippen LogP contribution in [0, 0.1) is 17.3 Å². The first-order valence-electron chi connectivity index (χ1n) is 5.64. The van der Waals surface area contributed by atoms with Gasteiger partial charge >= 0.3 is 0 Å². The smallest absolute Gasteiger partial charge is 0.145 e. The summed E-state index contributed by atoms with van der Waals surface area (Å²) in [6, 6.07) is 0. The molecule has 1 N–H and O–H groups in total. The summed E-state index contributed by atoms with van der Waals surface area (Å²) in [5.74, 6) is 0.961. The van der Waals surface area contributed by atoms with Crippen molar-refractivity contribution < 1.29 is 9.90 Å². The molecule has 0 aromatic heterocycles. The molecule has 1 spiro atoms. The highest BCUT2D eigenvalue weighted by molar-refractivity contribution is 5.91. The Labute approximate surface area is 84.0 Å². The van der Waals surface area contributed by atoms with E-state index in [0.717, 1.165) is 25.7 Å². The third kappa shape index (κ3) is 0.830. The molecule has 0 unspecified atom stereocenters. The van der Waals surface area contributed by atoms with E-state index in [1.54, 1.807) is 0 Å². The van der Waals surface area contributed by atoms with Crippen molar-refractivity contribution in [3.63, 3.8) is 0 Å². The van der Waals surface area contributed by atoms with E-state index in [1.807, 2.05) is 0 Å². The van der Waals surface area contributed by atoms with Crippen molar-refractivity contribution in [2.24, 2.45) is 17.3 Å². The maximum atomic E-state index is 12.2. The largest absolute Gasteiger partial charge is 0.392 e. The van der Waals surface area contributed by atoms with Crippen molar-refractivity contribution in [1.82, 2.24) is 0 Å². The molecule has 0 aromatic carbocycles. The molecular weight excluding hydrogens is 176 g/mol. The molecule has 2 saturated carbocycles. The normalized spacial score (nSPS) is 50.6. The van der Waals surface area contributed by atoms with E-state index in [0.29, 0.717) is 18.1 Å². The van der Waals surface area contributed by atoms with Crippen LogP contribution in [0.2, 0.25) is 0 Å². The van der Waals surface area contributed by atoms with E-state index in [9.17, 15) is 9.90 Å². The number of carbonyl (C=O) groups excluding carboxylic acids is 1. The van der Waals surface area contributed by atoms with Gasteiger partial charge in [0.1, 0.15) is 5.78 Å². The molecule has 2 heteroatoms. The third-order valence-corrected chi connectivity index (χ3v) is 4.50. The van der Waals surface area contributed by atoms with Gasteiger partial charge in [-0.2, -0.15) is 0 Å². The maximum Gasteiger partial charge on any atom is 0.145 e. The lowest BCUT2D eigenvalue weighted by molar-refractivity contribution is -0.140. The minimum atomic E-state index is -0.407. The zero-order valence-electron chi connectivity index (χ0n) is 8.28. The van der Waals surface area contributed by atoms with Crippen molar-refractivity contribution in [1.29, 1.82) is 0 Å². The van der Waals surface area contributed by atoms with Crippen LogP contribution in [-0.2, 0) is 4.79 Å². The topological polar surface area (TPSA) is 37.3 Å². The number of ketones is 1. The predicted molar refractivity (Wildman–Crippen MR) is 52.7 cm³/mol. The molecule has 2 bridgehead atoms. The van der Waals surface area contributed by atoms with Crippen LogP contribution in [-0.4, -0.2) is 17.0 Å². The van der Waals surface area contributed by atoms with Crippen LogP contribution in [0.4, 0.5) is 0 Å². The minimum absolute atomic E-state index is 0.256. The number of aliphatic hydroxyl groups is 1. The Morgan fingerprint density at radius 3 is 3.21 bits per heavy atom. The minimum Gasteiger partial charge on any atom is -0.392 e. The van der Waals surface area contributed by atoms with Crippen LogP contribution in [0.5, 0.6) is 0 Å². The summed E-state index contributed by atoms with van der Waals surface area (Å²) in [5.41, 5.74) is -0.363. The number of hydrogen-bond donors (Lipinski definition) is 1. The second-order valence-electron chi connectivity index (χ2n) is 5.02. The highest BCUT2D eigenvalue weighted by Crippen LogP contribution is 2.56. The molecule has 4 atom stereocenters. The fourth-order valence-electron chi connectivity index (χ4n) is 3.80. The van der Waals surface area contributed by atoms with Gasteiger partial charge in [-0.1, -0.05) is 18.6 Å². The first-order valence-corrected chi connectivity index (χ1v) is 5.64. The first-order chi connectivity index (χ1) is 6.75. The Morgan fingerprint density at radius 2 is 2.36 bits per heavy atom. The highest BCUT2D eigenvalue weighted by Gasteiger charge is 2.59. The number of carbonyl (C=O) groups is 1. The lowest BCUT2D eigenvalue weighted by Crippen LogP contribution is -2.47. The summed E-state index contributed by atoms with van der Waals surface area (Å²) in [4.78, 5) is 12.2. The van der Waals surface area contributed by atoms with Crippen LogP contribution in [0.1, 0.15) is 32.1 Å². The standard InChI is InChI=1S/C12H16O2/c13-10-5-1-4-9-7-8-3-2-6-12(9,10)11(8)14/h1,4,8-10,13H,2-3,5-7H2/t8-,9-,10-,12+/m1/s1. The third-order valence-electron chi connectivity index (χ3n) is 4.50. The molecule has 2 fully saturated rings. The number of hydrogen-bond acceptors (Lipinski definition) is 2. The number of aliphatic hydroxyl groups excluding tert-OH is 1. The summed E-state index contributed by atoms with van der Waals surface area (Å²) in [5, 5.41) is 10.1. The molecule has 0 aromatic rings. The predicted octanol–water partition coefficient (Wildman–Crippen LogP) is 1.68. The second kappa shape index (κ2) is 2.69. The van der Waals surface area contributed by atoms with Crippen LogP contribution in [0.15, 0.2) is 12.2 Å². The van der Waals surface area contributed by atoms with Gasteiger partial charge in [-0.15, -0.1) is 0 Å². The molecule has 0 radical (unpaired) electrons. The van der Waals surface area contributed by atoms with Crippen LogP contribution in [0.25, 0.3) is 0 Å². The van der Waals surface area contributed by atoms with Crippen LogP contribution in [0.3, 0.4) is 0 Å². The summed E-state index contributed by atoms with van der Waals surface area (Å²) >= 11 is 0. The number of fused-ring (bicyclic) bond motifs is 1. The molecule has 0 heterocycles. The van der Waals surface area contributed by atoms with Gasteiger partial charge in [0.05, 0.1) is 11.5 Å². The van der Waals surface area contributed by atoms with E-state index < -0.39 is 6.10 Å². The fraction of sp³-hybridized carbons (Fsp3) is 0.750. The summed E-state index contributed by atoms with van der Waals surface area (Å²) < 4.78 is 0. The van der Waals surface area contributed by atoms with Gasteiger partial charge in [0.2, 0.25) is 0 Å². The molecule has 3 rings (SSSR count). The first kappa shape index (κ1) is 8.66. The average molecular weight is 192 g/mol. The maximum absolute atomic E-state index is 12.2. The monoisotopic (exact) mass is 192 g/mol. The number of allylic oxidation sites excluding steroid dienone is 1. The van der Waals surface area contributed by atoms with E-state index in [-0.39, 0.29) is 11.3 Å². The summed E-state index contributed by atoms with van der Waals surface area (Å²) in [6.45, 7) is 0. The van der Waals surface area contributed by atoms with Gasteiger partial charge in [-0.3, -0.25) is 4.79 Å². The molecule has 0 aliphatic heterocycles. The lowest BCUT2D eigenvalue weighted by atomic mass is 9.64. The van der Waals surface area contributed by atoms with Gasteiger partial charge in [0.25, 0.3) is 0 Å². The van der Waals surface area contributed by atoms with E-state index in [2.05, 4.69) is 12.2 Å². The van der Waals surface area contributed by atoms with E-state index in [4.69, 9.17) is 0 Å². The molecular formula is C12H16O2. The summed E-state index contributed by atoms with van der Waals surface area (Å²) in [6.07, 6.45) is 8.58. The molecule has 3 aliphatic rings. The fourth-order valence-corrected chi connectivity index (χ4v) is 3.80. The Hall–Kier alpha value is -0.630. The highest BCUT2D eigenvalue weighted by atomic mass is 16.3. The van der Waals surface area contributed by atoms with Crippen molar-refractivity contribution >= 4 is 5.78 Å². The Bertz CT molecular complexity index is 307. The van der Waals surface area contributed by atoms with Crippen LogP contribution >= 0.6 is 0 Å². The van der Waals surface area contributed by atoms with Gasteiger partial charge in [-0.05, 0) is 31.6 Å². The zero-order chi connectivity index (χ0) is 9.76. The zero-order valence-corrected chi connectivity index (χ0v) is 8.28. The SMILES string of the molecule is O=C1[C@@H]2CCC[C@]13[C@H](O)CC=C[C@@H]3C2. The van der Waals surface area contributed by atoms with Crippen molar-refractivity contribution in [3.05, 3.63) is 12.2 Å². The van der Waals surface area contributed by atoms with Gasteiger partial charge in [0.15, 0.2) is 0 Å².